The summed E-state index contributed by atoms with van der Waals surface area (Å²) >= 11 is 0. The Hall–Kier alpha value is -2.76. The van der Waals surface area contributed by atoms with Gasteiger partial charge in [-0.3, -0.25) is 14.6 Å². The zero-order chi connectivity index (χ0) is 16.2. The summed E-state index contributed by atoms with van der Waals surface area (Å²) in [6.07, 6.45) is 3.78. The molecule has 1 atom stereocenters. The zero-order valence-electron chi connectivity index (χ0n) is 12.4. The number of aromatic nitrogens is 1. The second kappa shape index (κ2) is 6.56. The Bertz CT molecular complexity index is 721. The average molecular weight is 313 g/mol. The zero-order valence-corrected chi connectivity index (χ0v) is 12.4. The van der Waals surface area contributed by atoms with Crippen molar-refractivity contribution in [2.45, 2.75) is 12.3 Å². The number of amides is 2. The highest BCUT2D eigenvalue weighted by Gasteiger charge is 2.30. The van der Waals surface area contributed by atoms with E-state index in [1.807, 2.05) is 6.07 Å². The highest BCUT2D eigenvalue weighted by Crippen LogP contribution is 2.27. The van der Waals surface area contributed by atoms with Crippen LogP contribution in [0.5, 0.6) is 0 Å². The highest BCUT2D eigenvalue weighted by molar-refractivity contribution is 6.39. The van der Waals surface area contributed by atoms with Crippen LogP contribution in [0.4, 0.5) is 10.1 Å². The molecule has 1 aliphatic heterocycles. The average Bonchev–Trinajstić information content (AvgIpc) is 3.05. The van der Waals surface area contributed by atoms with E-state index in [1.165, 1.54) is 23.2 Å². The van der Waals surface area contributed by atoms with Gasteiger partial charge in [0.1, 0.15) is 5.82 Å². The molecule has 1 fully saturated rings. The van der Waals surface area contributed by atoms with Gasteiger partial charge in [-0.25, -0.2) is 4.39 Å². The smallest absolute Gasteiger partial charge is 0.313 e. The molecule has 0 aliphatic carbocycles. The Balaban J connectivity index is 1.62. The third-order valence-corrected chi connectivity index (χ3v) is 3.91. The van der Waals surface area contributed by atoms with Gasteiger partial charge in [-0.15, -0.1) is 0 Å². The van der Waals surface area contributed by atoms with Crippen molar-refractivity contribution in [3.05, 3.63) is 60.2 Å². The molecule has 0 spiro atoms. The maximum absolute atomic E-state index is 13.3. The van der Waals surface area contributed by atoms with Crippen LogP contribution in [0.15, 0.2) is 48.8 Å². The summed E-state index contributed by atoms with van der Waals surface area (Å²) in [5.41, 5.74) is 1.33. The molecular formula is C17H16FN3O2. The number of nitrogens with one attached hydrogen (secondary N) is 1. The molecule has 6 heteroatoms. The van der Waals surface area contributed by atoms with Crippen molar-refractivity contribution in [1.82, 2.24) is 9.88 Å². The van der Waals surface area contributed by atoms with Gasteiger partial charge in [-0.2, -0.15) is 0 Å². The molecule has 1 aliphatic rings. The monoisotopic (exact) mass is 313 g/mol. The summed E-state index contributed by atoms with van der Waals surface area (Å²) < 4.78 is 13.3. The second-order valence-electron chi connectivity index (χ2n) is 5.49. The minimum atomic E-state index is -0.683. The van der Waals surface area contributed by atoms with Crippen LogP contribution in [-0.4, -0.2) is 34.8 Å². The van der Waals surface area contributed by atoms with Crippen molar-refractivity contribution in [2.24, 2.45) is 0 Å². The molecule has 5 nitrogen and oxygen atoms in total. The summed E-state index contributed by atoms with van der Waals surface area (Å²) in [6.45, 7) is 0.906. The van der Waals surface area contributed by atoms with Gasteiger partial charge in [0.15, 0.2) is 0 Å². The summed E-state index contributed by atoms with van der Waals surface area (Å²) in [5.74, 6) is -1.49. The van der Waals surface area contributed by atoms with E-state index in [1.54, 1.807) is 24.4 Å². The Morgan fingerprint density at radius 2 is 2.13 bits per heavy atom. The summed E-state index contributed by atoms with van der Waals surface area (Å²) in [5, 5.41) is 2.53. The van der Waals surface area contributed by atoms with Crippen LogP contribution in [0.3, 0.4) is 0 Å². The predicted molar refractivity (Wildman–Crippen MR) is 83.2 cm³/mol. The molecule has 1 aromatic carbocycles. The van der Waals surface area contributed by atoms with Gasteiger partial charge in [-0.1, -0.05) is 12.1 Å². The number of rotatable bonds is 2. The van der Waals surface area contributed by atoms with Crippen molar-refractivity contribution in [1.29, 1.82) is 0 Å². The molecular weight excluding hydrogens is 297 g/mol. The van der Waals surface area contributed by atoms with Crippen LogP contribution >= 0.6 is 0 Å². The fourth-order valence-electron chi connectivity index (χ4n) is 2.74. The summed E-state index contributed by atoms with van der Waals surface area (Å²) in [7, 11) is 0. The minimum Gasteiger partial charge on any atom is -0.334 e. The largest absolute Gasteiger partial charge is 0.334 e. The number of hydrogen-bond acceptors (Lipinski definition) is 3. The fourth-order valence-corrected chi connectivity index (χ4v) is 2.74. The van der Waals surface area contributed by atoms with E-state index in [2.05, 4.69) is 10.3 Å². The van der Waals surface area contributed by atoms with Crippen molar-refractivity contribution >= 4 is 17.5 Å². The molecule has 1 aromatic heterocycles. The molecule has 2 aromatic rings. The number of nitrogens with zero attached hydrogens (tertiary/aromatic N) is 2. The Morgan fingerprint density at radius 1 is 1.26 bits per heavy atom. The number of anilines is 1. The molecule has 1 unspecified atom stereocenters. The van der Waals surface area contributed by atoms with Crippen molar-refractivity contribution in [2.75, 3.05) is 18.4 Å². The van der Waals surface area contributed by atoms with Crippen molar-refractivity contribution in [3.63, 3.8) is 0 Å². The quantitative estimate of drug-likeness (QED) is 0.864. The van der Waals surface area contributed by atoms with E-state index in [-0.39, 0.29) is 11.7 Å². The van der Waals surface area contributed by atoms with Crippen LogP contribution in [0, 0.1) is 5.82 Å². The van der Waals surface area contributed by atoms with Gasteiger partial charge >= 0.3 is 11.8 Å². The standard InChI is InChI=1S/C17H16FN3O2/c18-14-4-1-3-12(9-14)13-6-8-21(11-13)17(23)16(22)20-15-5-2-7-19-10-15/h1-5,7,9-10,13H,6,8,11H2,(H,20,22). The predicted octanol–water partition coefficient (Wildman–Crippen LogP) is 2.18. The van der Waals surface area contributed by atoms with Crippen molar-refractivity contribution < 1.29 is 14.0 Å². The van der Waals surface area contributed by atoms with Gasteiger partial charge in [0.2, 0.25) is 0 Å². The van der Waals surface area contributed by atoms with Gasteiger partial charge < -0.3 is 10.2 Å². The lowest BCUT2D eigenvalue weighted by Gasteiger charge is -2.16. The number of carbonyl (C=O) groups is 2. The Morgan fingerprint density at radius 3 is 2.87 bits per heavy atom. The van der Waals surface area contributed by atoms with Gasteiger partial charge in [0, 0.05) is 25.2 Å². The number of pyridine rings is 1. The van der Waals surface area contributed by atoms with E-state index in [0.29, 0.717) is 18.8 Å². The van der Waals surface area contributed by atoms with E-state index in [9.17, 15) is 14.0 Å². The number of halogens is 1. The van der Waals surface area contributed by atoms with E-state index in [4.69, 9.17) is 0 Å². The maximum atomic E-state index is 13.3. The minimum absolute atomic E-state index is 0.0563. The molecule has 1 saturated heterocycles. The highest BCUT2D eigenvalue weighted by atomic mass is 19.1. The van der Waals surface area contributed by atoms with Crippen molar-refractivity contribution in [3.8, 4) is 0 Å². The molecule has 23 heavy (non-hydrogen) atoms. The first kappa shape index (κ1) is 15.1. The third-order valence-electron chi connectivity index (χ3n) is 3.91. The lowest BCUT2D eigenvalue weighted by atomic mass is 9.98. The number of carbonyl (C=O) groups excluding carboxylic acids is 2. The lowest BCUT2D eigenvalue weighted by molar-refractivity contribution is -0.142. The summed E-state index contributed by atoms with van der Waals surface area (Å²) in [4.78, 5) is 29.6. The molecule has 118 valence electrons. The lowest BCUT2D eigenvalue weighted by Crippen LogP contribution is -2.38. The van der Waals surface area contributed by atoms with E-state index in [0.717, 1.165) is 12.0 Å². The van der Waals surface area contributed by atoms with Crippen LogP contribution in [-0.2, 0) is 9.59 Å². The van der Waals surface area contributed by atoms with Gasteiger partial charge in [-0.05, 0) is 36.2 Å². The SMILES string of the molecule is O=C(Nc1cccnc1)C(=O)N1CCC(c2cccc(F)c2)C1. The molecule has 3 rings (SSSR count). The molecule has 0 saturated carbocycles. The number of benzene rings is 1. The fraction of sp³-hybridized carbons (Fsp3) is 0.235. The number of hydrogen-bond donors (Lipinski definition) is 1. The molecule has 2 amide bonds. The molecule has 0 radical (unpaired) electrons. The third kappa shape index (κ3) is 3.53. The van der Waals surface area contributed by atoms with Crippen LogP contribution in [0.1, 0.15) is 17.9 Å². The Labute approximate surface area is 133 Å². The normalized spacial score (nSPS) is 17.1. The first-order valence-electron chi connectivity index (χ1n) is 7.39. The van der Waals surface area contributed by atoms with E-state index < -0.39 is 11.8 Å². The second-order valence-corrected chi connectivity index (χ2v) is 5.49. The van der Waals surface area contributed by atoms with Gasteiger partial charge in [0.05, 0.1) is 11.9 Å². The summed E-state index contributed by atoms with van der Waals surface area (Å²) in [6, 6.07) is 9.71. The van der Waals surface area contributed by atoms with Crippen LogP contribution in [0.2, 0.25) is 0 Å². The molecule has 2 heterocycles. The van der Waals surface area contributed by atoms with Crippen LogP contribution < -0.4 is 5.32 Å². The first-order valence-corrected chi connectivity index (χ1v) is 7.39. The topological polar surface area (TPSA) is 62.3 Å². The maximum Gasteiger partial charge on any atom is 0.313 e. The number of likely N-dealkylation sites (tertiary alicyclic amines) is 1. The molecule has 1 N–H and O–H groups in total. The first-order chi connectivity index (χ1) is 11.1. The van der Waals surface area contributed by atoms with Gasteiger partial charge in [0.25, 0.3) is 0 Å². The van der Waals surface area contributed by atoms with Crippen LogP contribution in [0.25, 0.3) is 0 Å². The molecule has 0 bridgehead atoms. The Kier molecular flexibility index (Phi) is 4.32. The van der Waals surface area contributed by atoms with E-state index >= 15 is 0 Å².